The molecule has 176 valence electrons. The van der Waals surface area contributed by atoms with Gasteiger partial charge in [0.25, 0.3) is 0 Å². The van der Waals surface area contributed by atoms with Crippen LogP contribution >= 0.6 is 0 Å². The van der Waals surface area contributed by atoms with Crippen molar-refractivity contribution in [3.8, 4) is 0 Å². The summed E-state index contributed by atoms with van der Waals surface area (Å²) >= 11 is 0. The molecule has 0 aliphatic rings. The molecule has 1 atom stereocenters. The van der Waals surface area contributed by atoms with Gasteiger partial charge in [-0.2, -0.15) is 0 Å². The second kappa shape index (κ2) is 21.2. The third kappa shape index (κ3) is 16.3. The maximum Gasteiger partial charge on any atom is 0.0182 e. The molecule has 0 spiro atoms. The molecular formula is C28H59N. The van der Waals surface area contributed by atoms with Crippen molar-refractivity contribution in [2.75, 3.05) is 0 Å². The fourth-order valence-corrected chi connectivity index (χ4v) is 4.95. The molecule has 1 unspecified atom stereocenters. The van der Waals surface area contributed by atoms with Crippen LogP contribution in [0.2, 0.25) is 0 Å². The van der Waals surface area contributed by atoms with Gasteiger partial charge in [-0.05, 0) is 31.6 Å². The third-order valence-corrected chi connectivity index (χ3v) is 7.12. The van der Waals surface area contributed by atoms with Gasteiger partial charge < -0.3 is 5.73 Å². The first-order valence-electron chi connectivity index (χ1n) is 13.9. The van der Waals surface area contributed by atoms with Gasteiger partial charge in [-0.25, -0.2) is 0 Å². The van der Waals surface area contributed by atoms with E-state index < -0.39 is 0 Å². The standard InChI is InChI=1S/C28H59N/c1-5-9-13-14-15-16-17-18-19-20-21-22-24-27(23-10-6-2)28(29,25-11-7-3)26-12-8-4/h27H,5-26,29H2,1-4H3. The van der Waals surface area contributed by atoms with Crippen LogP contribution in [0.1, 0.15) is 169 Å². The predicted octanol–water partition coefficient (Wildman–Crippen LogP) is 9.96. The van der Waals surface area contributed by atoms with Crippen molar-refractivity contribution < 1.29 is 0 Å². The first-order valence-corrected chi connectivity index (χ1v) is 13.9. The van der Waals surface area contributed by atoms with Gasteiger partial charge in [-0.1, -0.05) is 143 Å². The number of hydrogen-bond donors (Lipinski definition) is 1. The maximum absolute atomic E-state index is 7.09. The zero-order valence-electron chi connectivity index (χ0n) is 21.2. The van der Waals surface area contributed by atoms with Gasteiger partial charge in [0.1, 0.15) is 0 Å². The minimum absolute atomic E-state index is 0.110. The minimum Gasteiger partial charge on any atom is -0.325 e. The van der Waals surface area contributed by atoms with Crippen molar-refractivity contribution >= 4 is 0 Å². The second-order valence-electron chi connectivity index (χ2n) is 9.96. The molecule has 2 N–H and O–H groups in total. The van der Waals surface area contributed by atoms with E-state index in [0.29, 0.717) is 0 Å². The predicted molar refractivity (Wildman–Crippen MR) is 135 cm³/mol. The minimum atomic E-state index is 0.110. The normalized spacial score (nSPS) is 13.1. The Morgan fingerprint density at radius 3 is 1.21 bits per heavy atom. The Balaban J connectivity index is 4.08. The van der Waals surface area contributed by atoms with E-state index in [0.717, 1.165) is 5.92 Å². The lowest BCUT2D eigenvalue weighted by Gasteiger charge is -2.39. The smallest absolute Gasteiger partial charge is 0.0182 e. The van der Waals surface area contributed by atoms with Crippen molar-refractivity contribution in [1.29, 1.82) is 0 Å². The number of nitrogens with two attached hydrogens (primary N) is 1. The molecule has 29 heavy (non-hydrogen) atoms. The van der Waals surface area contributed by atoms with Crippen molar-refractivity contribution in [3.63, 3.8) is 0 Å². The molecule has 0 fully saturated rings. The summed E-state index contributed by atoms with van der Waals surface area (Å²) in [6.45, 7) is 9.26. The van der Waals surface area contributed by atoms with Gasteiger partial charge in [0, 0.05) is 5.54 Å². The Morgan fingerprint density at radius 1 is 0.448 bits per heavy atom. The van der Waals surface area contributed by atoms with Crippen LogP contribution in [0.5, 0.6) is 0 Å². The highest BCUT2D eigenvalue weighted by Crippen LogP contribution is 2.34. The maximum atomic E-state index is 7.09. The highest BCUT2D eigenvalue weighted by atomic mass is 14.8. The molecule has 0 aromatic rings. The second-order valence-corrected chi connectivity index (χ2v) is 9.96. The Labute approximate surface area is 186 Å². The summed E-state index contributed by atoms with van der Waals surface area (Å²) in [6.07, 6.45) is 30.4. The molecule has 0 aromatic heterocycles. The lowest BCUT2D eigenvalue weighted by atomic mass is 9.72. The van der Waals surface area contributed by atoms with Gasteiger partial charge in [-0.3, -0.25) is 0 Å². The molecule has 0 heterocycles. The van der Waals surface area contributed by atoms with E-state index in [2.05, 4.69) is 27.7 Å². The SMILES string of the molecule is CCCCCCCCCCCCCCC(CCCC)C(N)(CCCC)CCCC. The van der Waals surface area contributed by atoms with Crippen LogP contribution in [0.4, 0.5) is 0 Å². The summed E-state index contributed by atoms with van der Waals surface area (Å²) in [4.78, 5) is 0. The van der Waals surface area contributed by atoms with Gasteiger partial charge >= 0.3 is 0 Å². The molecule has 0 amide bonds. The molecular weight excluding hydrogens is 350 g/mol. The van der Waals surface area contributed by atoms with Crippen molar-refractivity contribution in [2.45, 2.75) is 174 Å². The summed E-state index contributed by atoms with van der Waals surface area (Å²) in [5, 5.41) is 0. The molecule has 0 aromatic carbocycles. The van der Waals surface area contributed by atoms with E-state index >= 15 is 0 Å². The highest BCUT2D eigenvalue weighted by molar-refractivity contribution is 4.91. The fourth-order valence-electron chi connectivity index (χ4n) is 4.95. The monoisotopic (exact) mass is 409 g/mol. The average molecular weight is 410 g/mol. The van der Waals surface area contributed by atoms with Crippen molar-refractivity contribution in [3.05, 3.63) is 0 Å². The molecule has 0 aliphatic carbocycles. The van der Waals surface area contributed by atoms with Crippen LogP contribution < -0.4 is 5.73 Å². The van der Waals surface area contributed by atoms with Gasteiger partial charge in [0.2, 0.25) is 0 Å². The summed E-state index contributed by atoms with van der Waals surface area (Å²) in [5.41, 5.74) is 7.20. The van der Waals surface area contributed by atoms with Crippen LogP contribution in [-0.2, 0) is 0 Å². The zero-order valence-corrected chi connectivity index (χ0v) is 21.2. The summed E-state index contributed by atoms with van der Waals surface area (Å²) in [5.74, 6) is 0.753. The molecule has 0 aliphatic heterocycles. The Bertz CT molecular complexity index is 303. The molecule has 0 rings (SSSR count). The number of hydrogen-bond acceptors (Lipinski definition) is 1. The van der Waals surface area contributed by atoms with Gasteiger partial charge in [0.15, 0.2) is 0 Å². The van der Waals surface area contributed by atoms with Crippen LogP contribution in [0, 0.1) is 5.92 Å². The van der Waals surface area contributed by atoms with E-state index in [-0.39, 0.29) is 5.54 Å². The molecule has 0 saturated heterocycles. The van der Waals surface area contributed by atoms with E-state index in [1.54, 1.807) is 0 Å². The van der Waals surface area contributed by atoms with Crippen LogP contribution in [-0.4, -0.2) is 5.54 Å². The number of rotatable bonds is 23. The summed E-state index contributed by atoms with van der Waals surface area (Å²) in [7, 11) is 0. The Hall–Kier alpha value is -0.0400. The summed E-state index contributed by atoms with van der Waals surface area (Å²) < 4.78 is 0. The first-order chi connectivity index (χ1) is 14.1. The van der Waals surface area contributed by atoms with E-state index in [4.69, 9.17) is 5.73 Å². The number of unbranched alkanes of at least 4 members (excludes halogenated alkanes) is 14. The quantitative estimate of drug-likeness (QED) is 0.167. The van der Waals surface area contributed by atoms with Gasteiger partial charge in [0.05, 0.1) is 0 Å². The van der Waals surface area contributed by atoms with E-state index in [9.17, 15) is 0 Å². The molecule has 0 bridgehead atoms. The van der Waals surface area contributed by atoms with Gasteiger partial charge in [-0.15, -0.1) is 0 Å². The molecule has 1 nitrogen and oxygen atoms in total. The van der Waals surface area contributed by atoms with Crippen LogP contribution in [0.3, 0.4) is 0 Å². The van der Waals surface area contributed by atoms with Crippen molar-refractivity contribution in [2.24, 2.45) is 11.7 Å². The highest BCUT2D eigenvalue weighted by Gasteiger charge is 2.32. The molecule has 1 heteroatoms. The van der Waals surface area contributed by atoms with Crippen molar-refractivity contribution in [1.82, 2.24) is 0 Å². The topological polar surface area (TPSA) is 26.0 Å². The third-order valence-electron chi connectivity index (χ3n) is 7.12. The Morgan fingerprint density at radius 2 is 0.793 bits per heavy atom. The summed E-state index contributed by atoms with van der Waals surface area (Å²) in [6, 6.07) is 0. The largest absolute Gasteiger partial charge is 0.325 e. The molecule has 0 saturated carbocycles. The Kier molecular flexibility index (Phi) is 21.2. The zero-order chi connectivity index (χ0) is 21.6. The molecule has 0 radical (unpaired) electrons. The van der Waals surface area contributed by atoms with E-state index in [1.807, 2.05) is 0 Å². The lowest BCUT2D eigenvalue weighted by Crippen LogP contribution is -2.47. The average Bonchev–Trinajstić information content (AvgIpc) is 2.73. The lowest BCUT2D eigenvalue weighted by molar-refractivity contribution is 0.193. The van der Waals surface area contributed by atoms with Crippen LogP contribution in [0.15, 0.2) is 0 Å². The van der Waals surface area contributed by atoms with E-state index in [1.165, 1.54) is 141 Å². The fraction of sp³-hybridized carbons (Fsp3) is 1.00. The first kappa shape index (κ1) is 29.0. The van der Waals surface area contributed by atoms with Crippen LogP contribution in [0.25, 0.3) is 0 Å².